The zero-order valence-corrected chi connectivity index (χ0v) is 9.22. The van der Waals surface area contributed by atoms with Crippen molar-refractivity contribution >= 4 is 11.7 Å². The van der Waals surface area contributed by atoms with Crippen molar-refractivity contribution in [3.63, 3.8) is 0 Å². The van der Waals surface area contributed by atoms with Gasteiger partial charge in [0.05, 0.1) is 18.4 Å². The molecule has 3 nitrogen and oxygen atoms in total. The summed E-state index contributed by atoms with van der Waals surface area (Å²) in [5, 5.41) is 2.23. The number of esters is 1. The second-order valence-corrected chi connectivity index (χ2v) is 3.19. The fourth-order valence-electron chi connectivity index (χ4n) is 1.08. The van der Waals surface area contributed by atoms with Crippen LogP contribution in [0.1, 0.15) is 5.56 Å². The van der Waals surface area contributed by atoms with E-state index in [-0.39, 0.29) is 5.69 Å². The molecule has 98 valence electrons. The maximum absolute atomic E-state index is 13.2. The van der Waals surface area contributed by atoms with Crippen molar-refractivity contribution in [2.24, 2.45) is 0 Å². The highest BCUT2D eigenvalue weighted by Crippen LogP contribution is 2.31. The SMILES string of the molecule is COC(=O)/C=C/Nc1cc(C(F)(F)F)ccc1F. The zero-order chi connectivity index (χ0) is 13.8. The van der Waals surface area contributed by atoms with Crippen molar-refractivity contribution in [3.05, 3.63) is 41.9 Å². The molecule has 7 heteroatoms. The summed E-state index contributed by atoms with van der Waals surface area (Å²) < 4.78 is 54.5. The van der Waals surface area contributed by atoms with Crippen molar-refractivity contribution in [2.75, 3.05) is 12.4 Å². The molecule has 0 aliphatic heterocycles. The minimum atomic E-state index is -4.56. The molecular formula is C11H9F4NO2. The summed E-state index contributed by atoms with van der Waals surface area (Å²) in [4.78, 5) is 10.7. The van der Waals surface area contributed by atoms with Gasteiger partial charge in [-0.05, 0) is 18.2 Å². The fraction of sp³-hybridized carbons (Fsp3) is 0.182. The van der Waals surface area contributed by atoms with Crippen LogP contribution in [-0.2, 0) is 15.7 Å². The van der Waals surface area contributed by atoms with Gasteiger partial charge in [0, 0.05) is 12.3 Å². The lowest BCUT2D eigenvalue weighted by molar-refractivity contribution is -0.137. The van der Waals surface area contributed by atoms with Crippen molar-refractivity contribution in [3.8, 4) is 0 Å². The van der Waals surface area contributed by atoms with Gasteiger partial charge in [-0.15, -0.1) is 0 Å². The van der Waals surface area contributed by atoms with Crippen LogP contribution in [0.15, 0.2) is 30.5 Å². The molecule has 0 amide bonds. The Kier molecular flexibility index (Phi) is 4.30. The maximum atomic E-state index is 13.2. The number of anilines is 1. The molecule has 0 fully saturated rings. The van der Waals surface area contributed by atoms with E-state index in [0.29, 0.717) is 18.2 Å². The molecule has 0 unspecified atom stereocenters. The number of methoxy groups -OCH3 is 1. The number of hydrogen-bond donors (Lipinski definition) is 1. The molecule has 0 bridgehead atoms. The molecular weight excluding hydrogens is 254 g/mol. The van der Waals surface area contributed by atoms with E-state index >= 15 is 0 Å². The van der Waals surface area contributed by atoms with Gasteiger partial charge < -0.3 is 10.1 Å². The van der Waals surface area contributed by atoms with E-state index < -0.39 is 23.5 Å². The largest absolute Gasteiger partial charge is 0.466 e. The number of hydrogen-bond acceptors (Lipinski definition) is 3. The zero-order valence-electron chi connectivity index (χ0n) is 9.22. The molecule has 0 atom stereocenters. The van der Waals surface area contributed by atoms with Crippen LogP contribution >= 0.6 is 0 Å². The van der Waals surface area contributed by atoms with Gasteiger partial charge in [-0.1, -0.05) is 0 Å². The molecule has 18 heavy (non-hydrogen) atoms. The second-order valence-electron chi connectivity index (χ2n) is 3.19. The van der Waals surface area contributed by atoms with E-state index in [1.54, 1.807) is 0 Å². The Bertz CT molecular complexity index is 469. The Morgan fingerprint density at radius 1 is 1.39 bits per heavy atom. The minimum absolute atomic E-state index is 0.384. The Hall–Kier alpha value is -2.05. The molecule has 0 aliphatic rings. The summed E-state index contributed by atoms with van der Waals surface area (Å²) in [5.41, 5.74) is -1.37. The topological polar surface area (TPSA) is 38.3 Å². The van der Waals surface area contributed by atoms with Crippen LogP contribution in [0.25, 0.3) is 0 Å². The average molecular weight is 263 g/mol. The molecule has 0 radical (unpaired) electrons. The van der Waals surface area contributed by atoms with E-state index in [1.165, 1.54) is 0 Å². The highest BCUT2D eigenvalue weighted by molar-refractivity contribution is 5.82. The van der Waals surface area contributed by atoms with Gasteiger partial charge in [0.25, 0.3) is 0 Å². The Balaban J connectivity index is 2.89. The lowest BCUT2D eigenvalue weighted by atomic mass is 10.2. The van der Waals surface area contributed by atoms with Crippen LogP contribution in [0.2, 0.25) is 0 Å². The maximum Gasteiger partial charge on any atom is 0.416 e. The number of ether oxygens (including phenoxy) is 1. The van der Waals surface area contributed by atoms with E-state index in [0.717, 1.165) is 19.4 Å². The number of carbonyl (C=O) groups excluding carboxylic acids is 1. The summed E-state index contributed by atoms with van der Waals surface area (Å²) in [6, 6.07) is 1.93. The lowest BCUT2D eigenvalue weighted by Crippen LogP contribution is -2.06. The fourth-order valence-corrected chi connectivity index (χ4v) is 1.08. The summed E-state index contributed by atoms with van der Waals surface area (Å²) in [7, 11) is 1.14. The smallest absolute Gasteiger partial charge is 0.416 e. The molecule has 0 aliphatic carbocycles. The summed E-state index contributed by atoms with van der Waals surface area (Å²) >= 11 is 0. The third-order valence-electron chi connectivity index (χ3n) is 1.95. The molecule has 1 aromatic rings. The highest BCUT2D eigenvalue weighted by Gasteiger charge is 2.31. The number of alkyl halides is 3. The van der Waals surface area contributed by atoms with Crippen molar-refractivity contribution < 1.29 is 27.1 Å². The molecule has 0 saturated carbocycles. The second kappa shape index (κ2) is 5.52. The molecule has 1 aromatic carbocycles. The first kappa shape index (κ1) is 14.0. The van der Waals surface area contributed by atoms with Crippen LogP contribution in [0, 0.1) is 5.82 Å². The third-order valence-corrected chi connectivity index (χ3v) is 1.95. The van der Waals surface area contributed by atoms with Gasteiger partial charge >= 0.3 is 12.1 Å². The lowest BCUT2D eigenvalue weighted by Gasteiger charge is -2.09. The first-order chi connectivity index (χ1) is 8.34. The summed E-state index contributed by atoms with van der Waals surface area (Å²) in [5.74, 6) is -1.58. The predicted octanol–water partition coefficient (Wildman–Crippen LogP) is 2.94. The number of benzene rings is 1. The summed E-state index contributed by atoms with van der Waals surface area (Å²) in [6.45, 7) is 0. The average Bonchev–Trinajstić information content (AvgIpc) is 2.29. The molecule has 1 N–H and O–H groups in total. The van der Waals surface area contributed by atoms with Crippen LogP contribution in [0.5, 0.6) is 0 Å². The molecule has 0 spiro atoms. The summed E-state index contributed by atoms with van der Waals surface area (Å²) in [6.07, 6.45) is -2.65. The van der Waals surface area contributed by atoms with Crippen molar-refractivity contribution in [1.29, 1.82) is 0 Å². The molecule has 0 aromatic heterocycles. The standard InChI is InChI=1S/C11H9F4NO2/c1-18-10(17)4-5-16-9-6-7(11(13,14)15)2-3-8(9)12/h2-6,16H,1H3/b5-4+. The van der Waals surface area contributed by atoms with E-state index in [1.807, 2.05) is 0 Å². The van der Waals surface area contributed by atoms with Gasteiger partial charge in [0.1, 0.15) is 5.82 Å². The molecule has 0 saturated heterocycles. The van der Waals surface area contributed by atoms with Gasteiger partial charge in [-0.3, -0.25) is 0 Å². The molecule has 0 heterocycles. The van der Waals surface area contributed by atoms with E-state index in [9.17, 15) is 22.4 Å². The Labute approximate surface area is 100 Å². The highest BCUT2D eigenvalue weighted by atomic mass is 19.4. The monoisotopic (exact) mass is 263 g/mol. The molecule has 1 rings (SSSR count). The Morgan fingerprint density at radius 2 is 2.06 bits per heavy atom. The van der Waals surface area contributed by atoms with Crippen molar-refractivity contribution in [2.45, 2.75) is 6.18 Å². The van der Waals surface area contributed by atoms with E-state index in [4.69, 9.17) is 0 Å². The van der Waals surface area contributed by atoms with Gasteiger partial charge in [-0.2, -0.15) is 13.2 Å². The van der Waals surface area contributed by atoms with Crippen molar-refractivity contribution in [1.82, 2.24) is 0 Å². The van der Waals surface area contributed by atoms with Crippen LogP contribution in [-0.4, -0.2) is 13.1 Å². The van der Waals surface area contributed by atoms with Crippen LogP contribution in [0.4, 0.5) is 23.2 Å². The van der Waals surface area contributed by atoms with Gasteiger partial charge in [-0.25, -0.2) is 9.18 Å². The normalized spacial score (nSPS) is 11.6. The van der Waals surface area contributed by atoms with Gasteiger partial charge in [0.15, 0.2) is 0 Å². The Morgan fingerprint density at radius 3 is 2.61 bits per heavy atom. The van der Waals surface area contributed by atoms with E-state index in [2.05, 4.69) is 10.1 Å². The predicted molar refractivity (Wildman–Crippen MR) is 56.2 cm³/mol. The quantitative estimate of drug-likeness (QED) is 0.517. The van der Waals surface area contributed by atoms with Gasteiger partial charge in [0.2, 0.25) is 0 Å². The van der Waals surface area contributed by atoms with Crippen LogP contribution < -0.4 is 5.32 Å². The number of rotatable bonds is 3. The number of carbonyl (C=O) groups is 1. The first-order valence-electron chi connectivity index (χ1n) is 4.72. The van der Waals surface area contributed by atoms with Crippen LogP contribution in [0.3, 0.4) is 0 Å². The minimum Gasteiger partial charge on any atom is -0.466 e. The number of nitrogens with one attached hydrogen (secondary N) is 1. The number of halogens is 4. The first-order valence-corrected chi connectivity index (χ1v) is 4.72. The third kappa shape index (κ3) is 3.76.